The third-order valence-electron chi connectivity index (χ3n) is 4.90. The molecule has 2 fully saturated rings. The van der Waals surface area contributed by atoms with Crippen molar-refractivity contribution in [3.8, 4) is 0 Å². The highest BCUT2D eigenvalue weighted by atomic mass is 16.5. The molecule has 2 aliphatic rings. The van der Waals surface area contributed by atoms with Crippen LogP contribution in [0.25, 0.3) is 0 Å². The Kier molecular flexibility index (Phi) is 5.23. The quantitative estimate of drug-likeness (QED) is 0.821. The highest BCUT2D eigenvalue weighted by molar-refractivity contribution is 4.91. The van der Waals surface area contributed by atoms with E-state index in [-0.39, 0.29) is 5.60 Å². The molecule has 0 aromatic rings. The Morgan fingerprint density at radius 1 is 1.26 bits per heavy atom. The van der Waals surface area contributed by atoms with Gasteiger partial charge in [0.2, 0.25) is 0 Å². The van der Waals surface area contributed by atoms with Gasteiger partial charge in [0.25, 0.3) is 0 Å². The highest BCUT2D eigenvalue weighted by Crippen LogP contribution is 2.33. The molecule has 0 aromatic carbocycles. The normalized spacial score (nSPS) is 32.4. The lowest BCUT2D eigenvalue weighted by molar-refractivity contribution is -0.0703. The zero-order valence-electron chi connectivity index (χ0n) is 12.8. The highest BCUT2D eigenvalue weighted by Gasteiger charge is 2.37. The minimum absolute atomic E-state index is 0.0459. The van der Waals surface area contributed by atoms with Crippen LogP contribution in [0.2, 0.25) is 0 Å². The van der Waals surface area contributed by atoms with Crippen molar-refractivity contribution in [2.75, 3.05) is 53.6 Å². The van der Waals surface area contributed by atoms with E-state index in [9.17, 15) is 0 Å². The van der Waals surface area contributed by atoms with Crippen molar-refractivity contribution in [3.05, 3.63) is 0 Å². The number of nitrogens with zero attached hydrogens (tertiary/aromatic N) is 1. The predicted molar refractivity (Wildman–Crippen MR) is 77.5 cm³/mol. The van der Waals surface area contributed by atoms with E-state index < -0.39 is 0 Å². The van der Waals surface area contributed by atoms with Crippen molar-refractivity contribution in [1.82, 2.24) is 10.2 Å². The van der Waals surface area contributed by atoms with E-state index in [1.54, 1.807) is 0 Å². The van der Waals surface area contributed by atoms with E-state index in [0.717, 1.165) is 26.3 Å². The summed E-state index contributed by atoms with van der Waals surface area (Å²) in [6.45, 7) is 8.62. The molecule has 2 aliphatic heterocycles. The summed E-state index contributed by atoms with van der Waals surface area (Å²) < 4.78 is 11.3. The molecule has 0 aromatic heterocycles. The van der Waals surface area contributed by atoms with Gasteiger partial charge in [0.05, 0.1) is 5.60 Å². The molecule has 0 amide bonds. The second-order valence-electron chi connectivity index (χ2n) is 6.61. The van der Waals surface area contributed by atoms with Crippen LogP contribution in [-0.4, -0.2) is 64.1 Å². The van der Waals surface area contributed by atoms with Gasteiger partial charge in [0.15, 0.2) is 0 Å². The Bertz CT molecular complexity index is 274. The van der Waals surface area contributed by atoms with Crippen LogP contribution in [0.4, 0.5) is 0 Å². The zero-order valence-corrected chi connectivity index (χ0v) is 12.8. The first kappa shape index (κ1) is 15.2. The Morgan fingerprint density at radius 3 is 2.63 bits per heavy atom. The maximum absolute atomic E-state index is 5.71. The Balaban J connectivity index is 1.96. The number of ether oxygens (including phenoxy) is 2. The van der Waals surface area contributed by atoms with Gasteiger partial charge >= 0.3 is 0 Å². The SMILES string of the molecule is CNCC1(CN2CCCC(C)(OC)C2)CCOCC1. The summed E-state index contributed by atoms with van der Waals surface area (Å²) in [5.41, 5.74) is 0.434. The van der Waals surface area contributed by atoms with Crippen LogP contribution in [0.5, 0.6) is 0 Å². The molecule has 0 bridgehead atoms. The monoisotopic (exact) mass is 270 g/mol. The van der Waals surface area contributed by atoms with Gasteiger partial charge < -0.3 is 14.8 Å². The van der Waals surface area contributed by atoms with Crippen LogP contribution in [-0.2, 0) is 9.47 Å². The van der Waals surface area contributed by atoms with Crippen LogP contribution < -0.4 is 5.32 Å². The van der Waals surface area contributed by atoms with Crippen LogP contribution in [0.1, 0.15) is 32.6 Å². The lowest BCUT2D eigenvalue weighted by Crippen LogP contribution is -2.53. The number of nitrogens with one attached hydrogen (secondary N) is 1. The molecule has 2 saturated heterocycles. The number of piperidine rings is 1. The fraction of sp³-hybridized carbons (Fsp3) is 1.00. The number of rotatable bonds is 5. The summed E-state index contributed by atoms with van der Waals surface area (Å²) in [7, 11) is 3.91. The van der Waals surface area contributed by atoms with Crippen molar-refractivity contribution >= 4 is 0 Å². The topological polar surface area (TPSA) is 33.7 Å². The zero-order chi connectivity index (χ0) is 13.8. The molecule has 4 heteroatoms. The summed E-state index contributed by atoms with van der Waals surface area (Å²) in [6.07, 6.45) is 4.78. The van der Waals surface area contributed by atoms with E-state index in [2.05, 4.69) is 24.2 Å². The van der Waals surface area contributed by atoms with E-state index >= 15 is 0 Å². The van der Waals surface area contributed by atoms with Crippen molar-refractivity contribution in [1.29, 1.82) is 0 Å². The molecule has 112 valence electrons. The molecule has 0 radical (unpaired) electrons. The number of likely N-dealkylation sites (tertiary alicyclic amines) is 1. The standard InChI is InChI=1S/C15H30N2O2/c1-14(18-3)5-4-8-17(12-14)13-15(11-16-2)6-9-19-10-7-15/h16H,4-13H2,1-3H3. The van der Waals surface area contributed by atoms with Crippen LogP contribution in [0.15, 0.2) is 0 Å². The number of hydrogen-bond acceptors (Lipinski definition) is 4. The van der Waals surface area contributed by atoms with Gasteiger partial charge in [-0.25, -0.2) is 0 Å². The van der Waals surface area contributed by atoms with E-state index in [0.29, 0.717) is 5.41 Å². The molecule has 0 spiro atoms. The minimum atomic E-state index is 0.0459. The Morgan fingerprint density at radius 2 is 2.00 bits per heavy atom. The summed E-state index contributed by atoms with van der Waals surface area (Å²) in [6, 6.07) is 0. The molecule has 2 heterocycles. The second-order valence-corrected chi connectivity index (χ2v) is 6.61. The average molecular weight is 270 g/mol. The maximum atomic E-state index is 5.71. The van der Waals surface area contributed by atoms with Gasteiger partial charge in [-0.3, -0.25) is 4.90 Å². The van der Waals surface area contributed by atoms with E-state index in [4.69, 9.17) is 9.47 Å². The summed E-state index contributed by atoms with van der Waals surface area (Å²) in [4.78, 5) is 2.61. The third kappa shape index (κ3) is 3.91. The molecule has 1 atom stereocenters. The average Bonchev–Trinajstić information content (AvgIpc) is 2.40. The minimum Gasteiger partial charge on any atom is -0.381 e. The lowest BCUT2D eigenvalue weighted by atomic mass is 9.78. The second kappa shape index (κ2) is 6.53. The maximum Gasteiger partial charge on any atom is 0.0777 e. The lowest BCUT2D eigenvalue weighted by Gasteiger charge is -2.46. The molecule has 19 heavy (non-hydrogen) atoms. The fourth-order valence-electron chi connectivity index (χ4n) is 3.65. The summed E-state index contributed by atoms with van der Waals surface area (Å²) >= 11 is 0. The van der Waals surface area contributed by atoms with Gasteiger partial charge in [-0.05, 0) is 51.6 Å². The number of hydrogen-bond donors (Lipinski definition) is 1. The van der Waals surface area contributed by atoms with Crippen molar-refractivity contribution in [2.24, 2.45) is 5.41 Å². The van der Waals surface area contributed by atoms with E-state index in [1.165, 1.54) is 38.8 Å². The largest absolute Gasteiger partial charge is 0.381 e. The molecular formula is C15H30N2O2. The molecule has 1 unspecified atom stereocenters. The van der Waals surface area contributed by atoms with Crippen molar-refractivity contribution in [3.63, 3.8) is 0 Å². The smallest absolute Gasteiger partial charge is 0.0777 e. The van der Waals surface area contributed by atoms with Crippen LogP contribution in [0, 0.1) is 5.41 Å². The Labute approximate surface area is 117 Å². The molecule has 0 aliphatic carbocycles. The first-order valence-corrected chi connectivity index (χ1v) is 7.61. The predicted octanol–water partition coefficient (Wildman–Crippen LogP) is 1.50. The molecule has 4 nitrogen and oxygen atoms in total. The van der Waals surface area contributed by atoms with Crippen LogP contribution >= 0.6 is 0 Å². The van der Waals surface area contributed by atoms with Crippen LogP contribution in [0.3, 0.4) is 0 Å². The summed E-state index contributed by atoms with van der Waals surface area (Å²) in [5, 5.41) is 3.39. The molecular weight excluding hydrogens is 240 g/mol. The van der Waals surface area contributed by atoms with Gasteiger partial charge in [0, 0.05) is 40.0 Å². The van der Waals surface area contributed by atoms with Gasteiger partial charge in [-0.15, -0.1) is 0 Å². The molecule has 0 saturated carbocycles. The fourth-order valence-corrected chi connectivity index (χ4v) is 3.65. The first-order chi connectivity index (χ1) is 9.11. The first-order valence-electron chi connectivity index (χ1n) is 7.61. The van der Waals surface area contributed by atoms with Gasteiger partial charge in [0.1, 0.15) is 0 Å². The molecule has 2 rings (SSSR count). The van der Waals surface area contributed by atoms with Crippen molar-refractivity contribution < 1.29 is 9.47 Å². The molecule has 1 N–H and O–H groups in total. The number of methoxy groups -OCH3 is 1. The third-order valence-corrected chi connectivity index (χ3v) is 4.90. The summed E-state index contributed by atoms with van der Waals surface area (Å²) in [5.74, 6) is 0. The van der Waals surface area contributed by atoms with E-state index in [1.807, 2.05) is 7.11 Å². The van der Waals surface area contributed by atoms with Crippen molar-refractivity contribution in [2.45, 2.75) is 38.2 Å². The van der Waals surface area contributed by atoms with Gasteiger partial charge in [-0.2, -0.15) is 0 Å². The Hall–Kier alpha value is -0.160. The van der Waals surface area contributed by atoms with Gasteiger partial charge in [-0.1, -0.05) is 0 Å².